The van der Waals surface area contributed by atoms with E-state index < -0.39 is 58.9 Å². The van der Waals surface area contributed by atoms with Crippen LogP contribution in [0.5, 0.6) is 0 Å². The zero-order valence-corrected chi connectivity index (χ0v) is 15.7. The molecular weight excluding hydrogens is 408 g/mol. The van der Waals surface area contributed by atoms with Gasteiger partial charge in [0.15, 0.2) is 0 Å². The maximum absolute atomic E-state index is 13.8. The molecule has 0 aromatic heterocycles. The Labute approximate surface area is 154 Å². The van der Waals surface area contributed by atoms with Gasteiger partial charge < -0.3 is 0 Å². The predicted octanol–water partition coefficient (Wildman–Crippen LogP) is 6.80. The molecule has 0 bridgehead atoms. The van der Waals surface area contributed by atoms with E-state index in [1.165, 1.54) is 0 Å². The Bertz CT molecular complexity index is 450. The third-order valence-corrected chi connectivity index (χ3v) is 5.89. The first-order valence-corrected chi connectivity index (χ1v) is 10.5. The lowest BCUT2D eigenvalue weighted by atomic mass is 10.1. The summed E-state index contributed by atoms with van der Waals surface area (Å²) < 4.78 is 122. The van der Waals surface area contributed by atoms with Crippen molar-refractivity contribution in [1.82, 2.24) is 0 Å². The SMILES string of the molecule is O=S(=O)(C(F)CCCCCCC(F)(F)F)C(F)CCCCCCC(F)(F)F. The molecule has 2 unspecified atom stereocenters. The summed E-state index contributed by atoms with van der Waals surface area (Å²) in [6.45, 7) is 0. The van der Waals surface area contributed by atoms with Crippen molar-refractivity contribution in [1.29, 1.82) is 0 Å². The normalized spacial score (nSPS) is 15.7. The van der Waals surface area contributed by atoms with Gasteiger partial charge in [-0.3, -0.25) is 0 Å². The third-order valence-electron chi connectivity index (χ3n) is 4.00. The minimum absolute atomic E-state index is 0.0302. The monoisotopic (exact) mass is 434 g/mol. The Kier molecular flexibility index (Phi) is 11.8. The molecule has 0 aliphatic carbocycles. The van der Waals surface area contributed by atoms with Crippen molar-refractivity contribution in [3.8, 4) is 0 Å². The molecule has 0 N–H and O–H groups in total. The van der Waals surface area contributed by atoms with E-state index in [1.54, 1.807) is 0 Å². The Hall–Kier alpha value is -0.610. The van der Waals surface area contributed by atoms with E-state index in [1.807, 2.05) is 0 Å². The highest BCUT2D eigenvalue weighted by atomic mass is 32.2. The Morgan fingerprint density at radius 1 is 0.556 bits per heavy atom. The van der Waals surface area contributed by atoms with Crippen LogP contribution in [0.15, 0.2) is 0 Å². The van der Waals surface area contributed by atoms with Gasteiger partial charge in [-0.2, -0.15) is 26.3 Å². The fraction of sp³-hybridized carbons (Fsp3) is 1.00. The molecule has 0 amide bonds. The molecule has 0 aliphatic rings. The lowest BCUT2D eigenvalue weighted by molar-refractivity contribution is -0.136. The first-order chi connectivity index (χ1) is 12.3. The van der Waals surface area contributed by atoms with Crippen molar-refractivity contribution in [2.45, 2.75) is 100 Å². The summed E-state index contributed by atoms with van der Waals surface area (Å²) in [6.07, 6.45) is -10.9. The number of alkyl halides is 8. The number of hydrogen-bond acceptors (Lipinski definition) is 2. The minimum Gasteiger partial charge on any atom is -0.230 e. The summed E-state index contributed by atoms with van der Waals surface area (Å²) in [6, 6.07) is 0. The lowest BCUT2D eigenvalue weighted by Crippen LogP contribution is -2.26. The number of rotatable bonds is 14. The molecule has 27 heavy (non-hydrogen) atoms. The molecule has 0 spiro atoms. The smallest absolute Gasteiger partial charge is 0.230 e. The molecule has 0 rings (SSSR count). The molecule has 0 aromatic rings. The van der Waals surface area contributed by atoms with Crippen LogP contribution in [0.25, 0.3) is 0 Å². The molecule has 2 atom stereocenters. The summed E-state index contributed by atoms with van der Waals surface area (Å²) >= 11 is 0. The summed E-state index contributed by atoms with van der Waals surface area (Å²) in [7, 11) is -4.66. The van der Waals surface area contributed by atoms with E-state index in [4.69, 9.17) is 0 Å². The molecule has 0 heterocycles. The molecule has 0 aromatic carbocycles. The number of hydrogen-bond donors (Lipinski definition) is 0. The fourth-order valence-corrected chi connectivity index (χ4v) is 3.77. The number of halogens is 8. The Morgan fingerprint density at radius 2 is 0.852 bits per heavy atom. The van der Waals surface area contributed by atoms with E-state index in [0.717, 1.165) is 0 Å². The fourth-order valence-electron chi connectivity index (χ4n) is 2.46. The quantitative estimate of drug-likeness (QED) is 0.223. The zero-order chi connectivity index (χ0) is 21.1. The molecule has 0 fully saturated rings. The van der Waals surface area contributed by atoms with Gasteiger partial charge in [-0.05, 0) is 38.5 Å². The lowest BCUT2D eigenvalue weighted by Gasteiger charge is -2.14. The highest BCUT2D eigenvalue weighted by Gasteiger charge is 2.33. The third kappa shape index (κ3) is 14.1. The van der Waals surface area contributed by atoms with Crippen LogP contribution in [0.1, 0.15) is 77.0 Å². The second-order valence-corrected chi connectivity index (χ2v) is 8.75. The van der Waals surface area contributed by atoms with Gasteiger partial charge in [0, 0.05) is 12.8 Å². The molecular formula is C16H26F8O2S. The van der Waals surface area contributed by atoms with E-state index in [2.05, 4.69) is 0 Å². The molecule has 164 valence electrons. The number of sulfone groups is 1. The molecule has 2 nitrogen and oxygen atoms in total. The zero-order valence-electron chi connectivity index (χ0n) is 14.9. The van der Waals surface area contributed by atoms with Crippen LogP contribution in [-0.2, 0) is 9.84 Å². The second-order valence-electron chi connectivity index (χ2n) is 6.55. The van der Waals surface area contributed by atoms with E-state index in [0.29, 0.717) is 0 Å². The highest BCUT2D eigenvalue weighted by Crippen LogP contribution is 2.26. The van der Waals surface area contributed by atoms with E-state index >= 15 is 0 Å². The van der Waals surface area contributed by atoms with Crippen molar-refractivity contribution in [3.05, 3.63) is 0 Å². The summed E-state index contributed by atoms with van der Waals surface area (Å²) in [4.78, 5) is 0. The average molecular weight is 434 g/mol. The van der Waals surface area contributed by atoms with Crippen LogP contribution >= 0.6 is 0 Å². The minimum atomic E-state index is -4.66. The predicted molar refractivity (Wildman–Crippen MR) is 86.2 cm³/mol. The van der Waals surface area contributed by atoms with E-state index in [-0.39, 0.29) is 51.4 Å². The molecule has 11 heteroatoms. The maximum Gasteiger partial charge on any atom is 0.389 e. The van der Waals surface area contributed by atoms with Crippen molar-refractivity contribution >= 4 is 9.84 Å². The largest absolute Gasteiger partial charge is 0.389 e. The van der Waals surface area contributed by atoms with Crippen molar-refractivity contribution in [2.75, 3.05) is 0 Å². The van der Waals surface area contributed by atoms with Gasteiger partial charge in [-0.15, -0.1) is 0 Å². The van der Waals surface area contributed by atoms with Crippen LogP contribution in [0, 0.1) is 0 Å². The van der Waals surface area contributed by atoms with E-state index in [9.17, 15) is 43.5 Å². The maximum atomic E-state index is 13.8. The molecule has 0 saturated carbocycles. The first-order valence-electron chi connectivity index (χ1n) is 8.90. The van der Waals surface area contributed by atoms with Crippen molar-refractivity contribution in [2.24, 2.45) is 0 Å². The molecule has 0 radical (unpaired) electrons. The highest BCUT2D eigenvalue weighted by molar-refractivity contribution is 7.92. The van der Waals surface area contributed by atoms with Crippen molar-refractivity contribution < 1.29 is 43.5 Å². The van der Waals surface area contributed by atoms with Gasteiger partial charge in [-0.25, -0.2) is 17.2 Å². The van der Waals surface area contributed by atoms with Gasteiger partial charge in [0.1, 0.15) is 0 Å². The molecule has 0 saturated heterocycles. The Morgan fingerprint density at radius 3 is 1.15 bits per heavy atom. The van der Waals surface area contributed by atoms with Gasteiger partial charge in [0.2, 0.25) is 20.8 Å². The van der Waals surface area contributed by atoms with Gasteiger partial charge in [0.25, 0.3) is 0 Å². The van der Waals surface area contributed by atoms with Crippen LogP contribution < -0.4 is 0 Å². The summed E-state index contributed by atoms with van der Waals surface area (Å²) in [5.74, 6) is 0. The van der Waals surface area contributed by atoms with Gasteiger partial charge >= 0.3 is 12.4 Å². The summed E-state index contributed by atoms with van der Waals surface area (Å²) in [5.41, 5.74) is -4.86. The Balaban J connectivity index is 3.96. The van der Waals surface area contributed by atoms with Crippen LogP contribution in [0.4, 0.5) is 35.1 Å². The first kappa shape index (κ1) is 26.4. The molecule has 0 aliphatic heterocycles. The van der Waals surface area contributed by atoms with Crippen LogP contribution in [0.2, 0.25) is 0 Å². The van der Waals surface area contributed by atoms with Gasteiger partial charge in [-0.1, -0.05) is 25.7 Å². The van der Waals surface area contributed by atoms with Crippen molar-refractivity contribution in [3.63, 3.8) is 0 Å². The number of unbranched alkanes of at least 4 members (excludes halogenated alkanes) is 6. The standard InChI is InChI=1S/C16H26F8O2S/c17-13(9-5-1-3-7-11-15(19,20)21)27(25,26)14(18)10-6-2-4-8-12-16(22,23)24/h13-14H,1-12H2. The average Bonchev–Trinajstić information content (AvgIpc) is 2.51. The van der Waals surface area contributed by atoms with Crippen LogP contribution in [0.3, 0.4) is 0 Å². The second kappa shape index (κ2) is 12.1. The summed E-state index contributed by atoms with van der Waals surface area (Å²) in [5, 5.41) is 0. The van der Waals surface area contributed by atoms with Gasteiger partial charge in [0.05, 0.1) is 0 Å². The topological polar surface area (TPSA) is 34.1 Å². The van der Waals surface area contributed by atoms with Crippen LogP contribution in [-0.4, -0.2) is 31.8 Å².